The third-order valence-electron chi connectivity index (χ3n) is 1.94. The van der Waals surface area contributed by atoms with Crippen LogP contribution in [0.15, 0.2) is 36.7 Å². The SMILES string of the molecule is CS(=O)(=O)Nc1cccc(-c2ncc[nH]2)c1. The molecule has 0 unspecified atom stereocenters. The minimum absolute atomic E-state index is 0.524. The van der Waals surface area contributed by atoms with Gasteiger partial charge in [-0.05, 0) is 12.1 Å². The van der Waals surface area contributed by atoms with E-state index in [9.17, 15) is 8.42 Å². The van der Waals surface area contributed by atoms with Gasteiger partial charge in [-0.2, -0.15) is 0 Å². The van der Waals surface area contributed by atoms with Crippen LogP contribution < -0.4 is 4.72 Å². The second-order valence-corrected chi connectivity index (χ2v) is 5.14. The van der Waals surface area contributed by atoms with E-state index in [-0.39, 0.29) is 0 Å². The van der Waals surface area contributed by atoms with Crippen LogP contribution >= 0.6 is 0 Å². The monoisotopic (exact) mass is 237 g/mol. The van der Waals surface area contributed by atoms with E-state index in [1.165, 1.54) is 0 Å². The number of rotatable bonds is 3. The molecule has 0 aliphatic carbocycles. The number of aromatic amines is 1. The van der Waals surface area contributed by atoms with Gasteiger partial charge in [-0.3, -0.25) is 4.72 Å². The van der Waals surface area contributed by atoms with E-state index in [1.54, 1.807) is 30.6 Å². The molecule has 5 nitrogen and oxygen atoms in total. The number of hydrogen-bond acceptors (Lipinski definition) is 3. The summed E-state index contributed by atoms with van der Waals surface area (Å²) in [5.41, 5.74) is 1.36. The maximum absolute atomic E-state index is 11.1. The van der Waals surface area contributed by atoms with Gasteiger partial charge in [0.2, 0.25) is 10.0 Å². The molecule has 2 aromatic rings. The lowest BCUT2D eigenvalue weighted by Crippen LogP contribution is -2.09. The first-order valence-electron chi connectivity index (χ1n) is 4.62. The van der Waals surface area contributed by atoms with Crippen molar-refractivity contribution in [3.05, 3.63) is 36.7 Å². The molecule has 84 valence electrons. The van der Waals surface area contributed by atoms with Gasteiger partial charge in [0.25, 0.3) is 0 Å². The zero-order chi connectivity index (χ0) is 11.6. The highest BCUT2D eigenvalue weighted by atomic mass is 32.2. The second kappa shape index (κ2) is 3.97. The van der Waals surface area contributed by atoms with E-state index >= 15 is 0 Å². The molecule has 0 fully saturated rings. The van der Waals surface area contributed by atoms with Crippen LogP contribution in [-0.2, 0) is 10.0 Å². The molecular weight excluding hydrogens is 226 g/mol. The topological polar surface area (TPSA) is 74.8 Å². The van der Waals surface area contributed by atoms with Crippen molar-refractivity contribution in [3.8, 4) is 11.4 Å². The Balaban J connectivity index is 2.34. The molecule has 2 N–H and O–H groups in total. The Labute approximate surface area is 93.6 Å². The fourth-order valence-electron chi connectivity index (χ4n) is 1.37. The summed E-state index contributed by atoms with van der Waals surface area (Å²) in [6, 6.07) is 7.03. The predicted molar refractivity (Wildman–Crippen MR) is 62.5 cm³/mol. The van der Waals surface area contributed by atoms with Crippen LogP contribution in [0.5, 0.6) is 0 Å². The number of anilines is 1. The van der Waals surface area contributed by atoms with E-state index in [4.69, 9.17) is 0 Å². The Kier molecular flexibility index (Phi) is 2.66. The molecule has 0 bridgehead atoms. The Morgan fingerprint density at radius 3 is 2.81 bits per heavy atom. The first-order chi connectivity index (χ1) is 7.54. The highest BCUT2D eigenvalue weighted by molar-refractivity contribution is 7.92. The molecule has 1 aromatic carbocycles. The molecule has 2 rings (SSSR count). The van der Waals surface area contributed by atoms with Crippen LogP contribution in [-0.4, -0.2) is 24.6 Å². The number of nitrogens with one attached hydrogen (secondary N) is 2. The van der Waals surface area contributed by atoms with Crippen LogP contribution in [0.2, 0.25) is 0 Å². The molecule has 16 heavy (non-hydrogen) atoms. The highest BCUT2D eigenvalue weighted by Gasteiger charge is 2.04. The summed E-state index contributed by atoms with van der Waals surface area (Å²) in [6.45, 7) is 0. The Bertz CT molecular complexity index is 576. The maximum atomic E-state index is 11.1. The summed E-state index contributed by atoms with van der Waals surface area (Å²) in [4.78, 5) is 7.05. The molecule has 0 amide bonds. The largest absolute Gasteiger partial charge is 0.345 e. The highest BCUT2D eigenvalue weighted by Crippen LogP contribution is 2.19. The average Bonchev–Trinajstić information content (AvgIpc) is 2.68. The molecule has 0 spiro atoms. The third-order valence-corrected chi connectivity index (χ3v) is 2.54. The molecule has 0 aliphatic rings. The van der Waals surface area contributed by atoms with Crippen molar-refractivity contribution >= 4 is 15.7 Å². The Morgan fingerprint density at radius 1 is 1.38 bits per heavy atom. The van der Waals surface area contributed by atoms with Gasteiger partial charge >= 0.3 is 0 Å². The molecular formula is C10H11N3O2S. The van der Waals surface area contributed by atoms with E-state index in [0.29, 0.717) is 11.5 Å². The number of aromatic nitrogens is 2. The number of H-pyrrole nitrogens is 1. The quantitative estimate of drug-likeness (QED) is 0.848. The lowest BCUT2D eigenvalue weighted by molar-refractivity contribution is 0.607. The van der Waals surface area contributed by atoms with Gasteiger partial charge in [-0.1, -0.05) is 12.1 Å². The van der Waals surface area contributed by atoms with E-state index < -0.39 is 10.0 Å². The van der Waals surface area contributed by atoms with Crippen molar-refractivity contribution in [2.75, 3.05) is 11.0 Å². The number of imidazole rings is 1. The van der Waals surface area contributed by atoms with E-state index in [2.05, 4.69) is 14.7 Å². The zero-order valence-corrected chi connectivity index (χ0v) is 9.45. The first-order valence-corrected chi connectivity index (χ1v) is 6.51. The van der Waals surface area contributed by atoms with Crippen LogP contribution in [0, 0.1) is 0 Å². The number of hydrogen-bond donors (Lipinski definition) is 2. The Morgan fingerprint density at radius 2 is 2.19 bits per heavy atom. The third kappa shape index (κ3) is 2.60. The summed E-state index contributed by atoms with van der Waals surface area (Å²) >= 11 is 0. The fraction of sp³-hybridized carbons (Fsp3) is 0.100. The molecule has 6 heteroatoms. The van der Waals surface area contributed by atoms with Gasteiger partial charge in [-0.25, -0.2) is 13.4 Å². The average molecular weight is 237 g/mol. The van der Waals surface area contributed by atoms with E-state index in [0.717, 1.165) is 11.8 Å². The minimum atomic E-state index is -3.24. The lowest BCUT2D eigenvalue weighted by atomic mass is 10.2. The van der Waals surface area contributed by atoms with Crippen molar-refractivity contribution in [1.29, 1.82) is 0 Å². The number of benzene rings is 1. The molecule has 0 saturated carbocycles. The van der Waals surface area contributed by atoms with Crippen molar-refractivity contribution < 1.29 is 8.42 Å². The zero-order valence-electron chi connectivity index (χ0n) is 8.64. The molecule has 1 aromatic heterocycles. The molecule has 0 aliphatic heterocycles. The summed E-state index contributed by atoms with van der Waals surface area (Å²) in [6.07, 6.45) is 4.48. The maximum Gasteiger partial charge on any atom is 0.229 e. The first kappa shape index (κ1) is 10.7. The molecule has 0 saturated heterocycles. The van der Waals surface area contributed by atoms with Gasteiger partial charge < -0.3 is 4.98 Å². The van der Waals surface area contributed by atoms with Crippen LogP contribution in [0.4, 0.5) is 5.69 Å². The summed E-state index contributed by atoms with van der Waals surface area (Å²) in [5.74, 6) is 0.706. The standard InChI is InChI=1S/C10H11N3O2S/c1-16(14,15)13-9-4-2-3-8(7-9)10-11-5-6-12-10/h2-7,13H,1H3,(H,11,12). The van der Waals surface area contributed by atoms with Gasteiger partial charge in [0, 0.05) is 23.6 Å². The van der Waals surface area contributed by atoms with Crippen molar-refractivity contribution in [2.45, 2.75) is 0 Å². The van der Waals surface area contributed by atoms with Crippen molar-refractivity contribution in [3.63, 3.8) is 0 Å². The predicted octanol–water partition coefficient (Wildman–Crippen LogP) is 1.45. The van der Waals surface area contributed by atoms with Gasteiger partial charge in [0.15, 0.2) is 0 Å². The Hall–Kier alpha value is -1.82. The minimum Gasteiger partial charge on any atom is -0.345 e. The van der Waals surface area contributed by atoms with Crippen LogP contribution in [0.3, 0.4) is 0 Å². The fourth-order valence-corrected chi connectivity index (χ4v) is 1.92. The number of sulfonamides is 1. The van der Waals surface area contributed by atoms with Crippen molar-refractivity contribution in [1.82, 2.24) is 9.97 Å². The number of nitrogens with zero attached hydrogens (tertiary/aromatic N) is 1. The second-order valence-electron chi connectivity index (χ2n) is 3.39. The van der Waals surface area contributed by atoms with Crippen molar-refractivity contribution in [2.24, 2.45) is 0 Å². The smallest absolute Gasteiger partial charge is 0.229 e. The molecule has 0 atom stereocenters. The lowest BCUT2D eigenvalue weighted by Gasteiger charge is -2.04. The normalized spacial score (nSPS) is 11.3. The summed E-state index contributed by atoms with van der Waals surface area (Å²) in [7, 11) is -3.24. The van der Waals surface area contributed by atoms with E-state index in [1.807, 2.05) is 6.07 Å². The summed E-state index contributed by atoms with van der Waals surface area (Å²) in [5, 5.41) is 0. The molecule has 0 radical (unpaired) electrons. The van der Waals surface area contributed by atoms with Gasteiger partial charge in [0.1, 0.15) is 5.82 Å². The van der Waals surface area contributed by atoms with Gasteiger partial charge in [-0.15, -0.1) is 0 Å². The molecule has 1 heterocycles. The summed E-state index contributed by atoms with van der Waals surface area (Å²) < 4.78 is 24.5. The van der Waals surface area contributed by atoms with Gasteiger partial charge in [0.05, 0.1) is 6.26 Å². The van der Waals surface area contributed by atoms with Crippen LogP contribution in [0.25, 0.3) is 11.4 Å². The van der Waals surface area contributed by atoms with Crippen LogP contribution in [0.1, 0.15) is 0 Å².